The fourth-order valence-corrected chi connectivity index (χ4v) is 1.88. The summed E-state index contributed by atoms with van der Waals surface area (Å²) in [6, 6.07) is 4.56. The third kappa shape index (κ3) is 10.7. The van der Waals surface area contributed by atoms with E-state index >= 15 is 0 Å². The van der Waals surface area contributed by atoms with Gasteiger partial charge in [0.05, 0.1) is 12.1 Å². The Hall–Kier alpha value is -1.93. The predicted molar refractivity (Wildman–Crippen MR) is 84.6 cm³/mol. The van der Waals surface area contributed by atoms with Gasteiger partial charge in [-0.3, -0.25) is 9.59 Å². The van der Waals surface area contributed by atoms with E-state index in [1.54, 1.807) is 0 Å². The number of rotatable bonds is 2. The first kappa shape index (κ1) is 22.1. The fraction of sp³-hybridized carbons (Fsp3) is 0.500. The standard InChI is InChI=1S/C8H5F3O.C6H13N.C2H5NO2/c9-8(10,11)7-3-1-6(5-12)2-4-7;7-6-4-2-1-3-5-6;3-1-2(4)5/h1-5H;6H,1-5,7H2;1,3H2,(H,4,5). The second kappa shape index (κ2) is 11.6. The molecule has 0 bridgehead atoms. The zero-order valence-electron chi connectivity index (χ0n) is 13.3. The van der Waals surface area contributed by atoms with Gasteiger partial charge >= 0.3 is 12.1 Å². The molecule has 5 nitrogen and oxygen atoms in total. The van der Waals surface area contributed by atoms with Gasteiger partial charge in [0, 0.05) is 11.6 Å². The minimum absolute atomic E-state index is 0.239. The zero-order chi connectivity index (χ0) is 18.6. The van der Waals surface area contributed by atoms with Crippen LogP contribution in [0.1, 0.15) is 48.0 Å². The summed E-state index contributed by atoms with van der Waals surface area (Å²) in [5.41, 5.74) is 9.70. The molecule has 0 aromatic heterocycles. The van der Waals surface area contributed by atoms with E-state index in [-0.39, 0.29) is 12.1 Å². The summed E-state index contributed by atoms with van der Waals surface area (Å²) in [5.74, 6) is -0.968. The SMILES string of the molecule is NC1CCCCC1.NCC(=O)O.O=Cc1ccc(C(F)(F)F)cc1. The molecule has 0 spiro atoms. The number of carbonyl (C=O) groups is 2. The van der Waals surface area contributed by atoms with E-state index in [1.165, 1.54) is 32.1 Å². The van der Waals surface area contributed by atoms with Gasteiger partial charge in [-0.05, 0) is 25.0 Å². The quantitative estimate of drug-likeness (QED) is 0.713. The molecule has 2 rings (SSSR count). The molecule has 8 heteroatoms. The van der Waals surface area contributed by atoms with Crippen molar-refractivity contribution in [2.45, 2.75) is 44.3 Å². The number of benzene rings is 1. The molecule has 1 aromatic rings. The van der Waals surface area contributed by atoms with Crippen molar-refractivity contribution in [3.05, 3.63) is 35.4 Å². The number of alkyl halides is 3. The summed E-state index contributed by atoms with van der Waals surface area (Å²) in [6.07, 6.45) is 2.83. The molecule has 0 amide bonds. The maximum atomic E-state index is 11.9. The Morgan fingerprint density at radius 3 is 1.88 bits per heavy atom. The highest BCUT2D eigenvalue weighted by atomic mass is 19.4. The molecule has 1 aromatic carbocycles. The molecule has 0 heterocycles. The van der Waals surface area contributed by atoms with Crippen molar-refractivity contribution in [2.24, 2.45) is 11.5 Å². The van der Waals surface area contributed by atoms with E-state index < -0.39 is 17.7 Å². The van der Waals surface area contributed by atoms with Crippen molar-refractivity contribution in [3.8, 4) is 0 Å². The van der Waals surface area contributed by atoms with Crippen LogP contribution in [-0.2, 0) is 11.0 Å². The highest BCUT2D eigenvalue weighted by molar-refractivity contribution is 5.74. The van der Waals surface area contributed by atoms with Gasteiger partial charge in [0.1, 0.15) is 6.29 Å². The van der Waals surface area contributed by atoms with Crippen molar-refractivity contribution >= 4 is 12.3 Å². The summed E-state index contributed by atoms with van der Waals surface area (Å²) in [6.45, 7) is -0.278. The van der Waals surface area contributed by atoms with Crippen LogP contribution in [0.25, 0.3) is 0 Å². The van der Waals surface area contributed by atoms with Crippen LogP contribution in [-0.4, -0.2) is 29.9 Å². The van der Waals surface area contributed by atoms with Gasteiger partial charge in [-0.2, -0.15) is 13.2 Å². The van der Waals surface area contributed by atoms with Crippen LogP contribution < -0.4 is 11.5 Å². The van der Waals surface area contributed by atoms with Crippen LogP contribution in [0.4, 0.5) is 13.2 Å². The number of carboxylic acids is 1. The lowest BCUT2D eigenvalue weighted by atomic mass is 9.97. The Kier molecular flexibility index (Phi) is 10.7. The normalized spacial score (nSPS) is 14.5. The smallest absolute Gasteiger partial charge is 0.416 e. The number of aldehydes is 1. The van der Waals surface area contributed by atoms with Crippen LogP contribution >= 0.6 is 0 Å². The minimum Gasteiger partial charge on any atom is -0.480 e. The van der Waals surface area contributed by atoms with Crippen LogP contribution in [0.2, 0.25) is 0 Å². The Bertz CT molecular complexity index is 484. The Labute approximate surface area is 138 Å². The number of carboxylic acid groups (broad SMARTS) is 1. The molecule has 1 aliphatic carbocycles. The molecular weight excluding hydrogens is 325 g/mol. The van der Waals surface area contributed by atoms with Crippen molar-refractivity contribution in [3.63, 3.8) is 0 Å². The lowest BCUT2D eigenvalue weighted by molar-refractivity contribution is -0.137. The average Bonchev–Trinajstić information content (AvgIpc) is 2.56. The third-order valence-corrected chi connectivity index (χ3v) is 3.20. The molecular formula is C16H23F3N2O3. The second-order valence-corrected chi connectivity index (χ2v) is 5.23. The first-order chi connectivity index (χ1) is 11.2. The number of halogens is 3. The zero-order valence-corrected chi connectivity index (χ0v) is 13.3. The number of hydrogen-bond donors (Lipinski definition) is 3. The maximum absolute atomic E-state index is 11.9. The lowest BCUT2D eigenvalue weighted by Gasteiger charge is -2.15. The molecule has 1 aliphatic rings. The molecule has 0 atom stereocenters. The van der Waals surface area contributed by atoms with Gasteiger partial charge in [-0.15, -0.1) is 0 Å². The Balaban J connectivity index is 0.000000373. The average molecular weight is 348 g/mol. The van der Waals surface area contributed by atoms with Gasteiger partial charge in [0.15, 0.2) is 0 Å². The molecule has 1 fully saturated rings. The molecule has 24 heavy (non-hydrogen) atoms. The van der Waals surface area contributed by atoms with E-state index in [1.807, 2.05) is 0 Å². The highest BCUT2D eigenvalue weighted by Gasteiger charge is 2.29. The summed E-state index contributed by atoms with van der Waals surface area (Å²) < 4.78 is 35.8. The first-order valence-corrected chi connectivity index (χ1v) is 7.50. The predicted octanol–water partition coefficient (Wildman–Crippen LogP) is 2.83. The molecule has 0 unspecified atom stereocenters. The fourth-order valence-electron chi connectivity index (χ4n) is 1.88. The molecule has 0 radical (unpaired) electrons. The van der Waals surface area contributed by atoms with Gasteiger partial charge < -0.3 is 16.6 Å². The summed E-state index contributed by atoms with van der Waals surface area (Å²) in [5, 5.41) is 7.60. The van der Waals surface area contributed by atoms with Gasteiger partial charge in [-0.25, -0.2) is 0 Å². The molecule has 5 N–H and O–H groups in total. The van der Waals surface area contributed by atoms with E-state index in [2.05, 4.69) is 5.73 Å². The Morgan fingerprint density at radius 2 is 1.62 bits per heavy atom. The minimum atomic E-state index is -4.33. The molecule has 0 saturated heterocycles. The summed E-state index contributed by atoms with van der Waals surface area (Å²) in [7, 11) is 0. The number of nitrogens with two attached hydrogens (primary N) is 2. The second-order valence-electron chi connectivity index (χ2n) is 5.23. The van der Waals surface area contributed by atoms with Crippen molar-refractivity contribution in [1.29, 1.82) is 0 Å². The van der Waals surface area contributed by atoms with E-state index in [9.17, 15) is 22.8 Å². The lowest BCUT2D eigenvalue weighted by Crippen LogP contribution is -2.22. The van der Waals surface area contributed by atoms with Crippen LogP contribution in [0.3, 0.4) is 0 Å². The molecule has 136 valence electrons. The molecule has 0 aliphatic heterocycles. The van der Waals surface area contributed by atoms with Gasteiger partial charge in [0.25, 0.3) is 0 Å². The van der Waals surface area contributed by atoms with Crippen molar-refractivity contribution in [2.75, 3.05) is 6.54 Å². The topological polar surface area (TPSA) is 106 Å². The number of aliphatic carboxylic acids is 1. The van der Waals surface area contributed by atoms with Crippen LogP contribution in [0.15, 0.2) is 24.3 Å². The maximum Gasteiger partial charge on any atom is 0.416 e. The molecule has 1 saturated carbocycles. The van der Waals surface area contributed by atoms with Gasteiger partial charge in [-0.1, -0.05) is 31.4 Å². The van der Waals surface area contributed by atoms with Crippen molar-refractivity contribution in [1.82, 2.24) is 0 Å². The third-order valence-electron chi connectivity index (χ3n) is 3.20. The number of carbonyl (C=O) groups excluding carboxylic acids is 1. The number of hydrogen-bond acceptors (Lipinski definition) is 4. The van der Waals surface area contributed by atoms with E-state index in [4.69, 9.17) is 10.8 Å². The summed E-state index contributed by atoms with van der Waals surface area (Å²) >= 11 is 0. The van der Waals surface area contributed by atoms with E-state index in [0.717, 1.165) is 24.3 Å². The van der Waals surface area contributed by atoms with Crippen LogP contribution in [0.5, 0.6) is 0 Å². The first-order valence-electron chi connectivity index (χ1n) is 7.50. The highest BCUT2D eigenvalue weighted by Crippen LogP contribution is 2.28. The largest absolute Gasteiger partial charge is 0.480 e. The Morgan fingerprint density at radius 1 is 1.17 bits per heavy atom. The van der Waals surface area contributed by atoms with E-state index in [0.29, 0.717) is 12.3 Å². The van der Waals surface area contributed by atoms with Crippen LogP contribution in [0, 0.1) is 0 Å². The summed E-state index contributed by atoms with van der Waals surface area (Å²) in [4.78, 5) is 19.3. The van der Waals surface area contributed by atoms with Gasteiger partial charge in [0.2, 0.25) is 0 Å². The monoisotopic (exact) mass is 348 g/mol. The van der Waals surface area contributed by atoms with Crippen molar-refractivity contribution < 1.29 is 27.9 Å².